The van der Waals surface area contributed by atoms with Gasteiger partial charge in [0.05, 0.1) is 25.5 Å². The first-order chi connectivity index (χ1) is 15.1. The molecule has 0 bridgehead atoms. The average molecular weight is 426 g/mol. The lowest BCUT2D eigenvalue weighted by Gasteiger charge is -2.10. The fourth-order valence-electron chi connectivity index (χ4n) is 3.17. The second-order valence-electron chi connectivity index (χ2n) is 7.13. The lowest BCUT2D eigenvalue weighted by molar-refractivity contribution is 0.299. The van der Waals surface area contributed by atoms with Crippen LogP contribution >= 0.6 is 0 Å². The lowest BCUT2D eigenvalue weighted by atomic mass is 9.96. The van der Waals surface area contributed by atoms with Crippen LogP contribution in [-0.4, -0.2) is 47.6 Å². The molecule has 2 aromatic carbocycles. The first-order valence-corrected chi connectivity index (χ1v) is 10.2. The monoisotopic (exact) mass is 426 g/mol. The van der Waals surface area contributed by atoms with Gasteiger partial charge < -0.3 is 20.1 Å². The highest BCUT2D eigenvalue weighted by molar-refractivity contribution is 5.92. The molecule has 0 aliphatic heterocycles. The van der Waals surface area contributed by atoms with E-state index in [1.54, 1.807) is 18.2 Å². The molecule has 0 aliphatic carbocycles. The Morgan fingerprint density at radius 1 is 1.13 bits per heavy atom. The predicted octanol–water partition coefficient (Wildman–Crippen LogP) is 3.17. The van der Waals surface area contributed by atoms with Crippen LogP contribution in [0, 0.1) is 5.82 Å². The van der Waals surface area contributed by atoms with E-state index in [-0.39, 0.29) is 31.5 Å². The molecule has 3 rings (SSSR count). The summed E-state index contributed by atoms with van der Waals surface area (Å²) in [5.74, 6) is 0.509. The zero-order valence-electron chi connectivity index (χ0n) is 17.4. The average Bonchev–Trinajstić information content (AvgIpc) is 3.25. The maximum atomic E-state index is 14.6. The van der Waals surface area contributed by atoms with E-state index in [4.69, 9.17) is 14.7 Å². The van der Waals surface area contributed by atoms with Crippen molar-refractivity contribution in [2.45, 2.75) is 19.3 Å². The highest BCUT2D eigenvalue weighted by Crippen LogP contribution is 2.27. The van der Waals surface area contributed by atoms with Crippen molar-refractivity contribution in [3.05, 3.63) is 71.7 Å². The molecule has 8 heteroatoms. The van der Waals surface area contributed by atoms with Gasteiger partial charge in [0.15, 0.2) is 5.96 Å². The summed E-state index contributed by atoms with van der Waals surface area (Å²) < 4.78 is 20.0. The Labute approximate surface area is 180 Å². The summed E-state index contributed by atoms with van der Waals surface area (Å²) in [6.45, 7) is 2.36. The molecule has 4 N–H and O–H groups in total. The van der Waals surface area contributed by atoms with E-state index in [0.717, 1.165) is 16.8 Å². The highest BCUT2D eigenvalue weighted by atomic mass is 19.1. The normalized spacial score (nSPS) is 12.6. The number of guanidine groups is 1. The topological polar surface area (TPSA) is 103 Å². The summed E-state index contributed by atoms with van der Waals surface area (Å²) in [5, 5.41) is 27.9. The largest absolute Gasteiger partial charge is 0.395 e. The third kappa shape index (κ3) is 6.37. The maximum Gasteiger partial charge on any atom is 0.231 e. The van der Waals surface area contributed by atoms with E-state index in [0.29, 0.717) is 30.4 Å². The van der Waals surface area contributed by atoms with Gasteiger partial charge in [-0.15, -0.1) is 0 Å². The summed E-state index contributed by atoms with van der Waals surface area (Å²) >= 11 is 0. The molecule has 3 aromatic rings. The fourth-order valence-corrected chi connectivity index (χ4v) is 3.17. The highest BCUT2D eigenvalue weighted by Gasteiger charge is 2.15. The fraction of sp³-hybridized carbons (Fsp3) is 0.304. The SMILES string of the molecule is CC(Cc1ccc(-c2ccccc2)c(F)c1)c1cc(NC(=NCCO)NCCO)on1. The minimum Gasteiger partial charge on any atom is -0.395 e. The molecule has 0 amide bonds. The molecular weight excluding hydrogens is 399 g/mol. The minimum absolute atomic E-state index is 0.00417. The summed E-state index contributed by atoms with van der Waals surface area (Å²) in [7, 11) is 0. The van der Waals surface area contributed by atoms with Crippen molar-refractivity contribution in [1.82, 2.24) is 10.5 Å². The molecule has 0 fully saturated rings. The summed E-state index contributed by atoms with van der Waals surface area (Å²) in [6, 6.07) is 16.5. The van der Waals surface area contributed by atoms with Gasteiger partial charge >= 0.3 is 0 Å². The Kier molecular flexibility index (Phi) is 8.14. The smallest absolute Gasteiger partial charge is 0.231 e. The molecule has 1 unspecified atom stereocenters. The zero-order chi connectivity index (χ0) is 22.1. The minimum atomic E-state index is -0.252. The van der Waals surface area contributed by atoms with Crippen LogP contribution in [-0.2, 0) is 6.42 Å². The predicted molar refractivity (Wildman–Crippen MR) is 119 cm³/mol. The number of anilines is 1. The molecular formula is C23H27FN4O3. The van der Waals surface area contributed by atoms with Crippen molar-refractivity contribution >= 4 is 11.8 Å². The summed E-state index contributed by atoms with van der Waals surface area (Å²) in [4.78, 5) is 4.14. The molecule has 1 aromatic heterocycles. The van der Waals surface area contributed by atoms with Gasteiger partial charge in [-0.25, -0.2) is 4.39 Å². The van der Waals surface area contributed by atoms with E-state index < -0.39 is 0 Å². The van der Waals surface area contributed by atoms with Crippen molar-refractivity contribution in [1.29, 1.82) is 0 Å². The van der Waals surface area contributed by atoms with E-state index in [1.165, 1.54) is 0 Å². The van der Waals surface area contributed by atoms with Crippen molar-refractivity contribution in [3.8, 4) is 11.1 Å². The van der Waals surface area contributed by atoms with Gasteiger partial charge in [-0.05, 0) is 23.6 Å². The molecule has 31 heavy (non-hydrogen) atoms. The number of hydrogen-bond acceptors (Lipinski definition) is 5. The van der Waals surface area contributed by atoms with Gasteiger partial charge in [0.1, 0.15) is 5.82 Å². The van der Waals surface area contributed by atoms with Crippen molar-refractivity contribution in [2.75, 3.05) is 31.6 Å². The number of hydrogen-bond donors (Lipinski definition) is 4. The molecule has 7 nitrogen and oxygen atoms in total. The Morgan fingerprint density at radius 3 is 2.65 bits per heavy atom. The van der Waals surface area contributed by atoms with Gasteiger partial charge in [-0.2, -0.15) is 0 Å². The van der Waals surface area contributed by atoms with Crippen LogP contribution in [0.3, 0.4) is 0 Å². The Morgan fingerprint density at radius 2 is 1.94 bits per heavy atom. The molecule has 0 spiro atoms. The quantitative estimate of drug-likeness (QED) is 0.310. The number of aliphatic hydroxyl groups excluding tert-OH is 2. The van der Waals surface area contributed by atoms with Gasteiger partial charge in [-0.1, -0.05) is 54.5 Å². The number of rotatable bonds is 9. The molecule has 0 saturated carbocycles. The van der Waals surface area contributed by atoms with Crippen LogP contribution in [0.5, 0.6) is 0 Å². The molecule has 0 saturated heterocycles. The van der Waals surface area contributed by atoms with Crippen LogP contribution in [0.25, 0.3) is 11.1 Å². The standard InChI is InChI=1S/C23H27FN4O3/c1-16(13-17-7-8-19(20(24)14-17)18-5-3-2-4-6-18)21-15-22(31-28-21)27-23(25-9-11-29)26-10-12-30/h2-8,14-16,29-30H,9-13H2,1H3,(H2,25,26,27). The van der Waals surface area contributed by atoms with Crippen molar-refractivity contribution in [3.63, 3.8) is 0 Å². The molecule has 0 radical (unpaired) electrons. The Bertz CT molecular complexity index is 991. The number of aromatic nitrogens is 1. The van der Waals surface area contributed by atoms with Crippen LogP contribution in [0.1, 0.15) is 24.1 Å². The van der Waals surface area contributed by atoms with Gasteiger partial charge in [0.2, 0.25) is 5.88 Å². The Hall–Kier alpha value is -3.23. The lowest BCUT2D eigenvalue weighted by Crippen LogP contribution is -2.33. The summed E-state index contributed by atoms with van der Waals surface area (Å²) in [5.41, 5.74) is 3.02. The number of aliphatic imine (C=N–C) groups is 1. The number of nitrogens with one attached hydrogen (secondary N) is 2. The third-order valence-electron chi connectivity index (χ3n) is 4.71. The van der Waals surface area contributed by atoms with E-state index >= 15 is 0 Å². The number of benzene rings is 2. The second-order valence-corrected chi connectivity index (χ2v) is 7.13. The Balaban J connectivity index is 1.65. The van der Waals surface area contributed by atoms with Crippen LogP contribution in [0.2, 0.25) is 0 Å². The number of halogens is 1. The van der Waals surface area contributed by atoms with E-state index in [9.17, 15) is 4.39 Å². The van der Waals surface area contributed by atoms with Crippen molar-refractivity contribution in [2.24, 2.45) is 4.99 Å². The number of aliphatic hydroxyl groups is 2. The molecule has 1 heterocycles. The van der Waals surface area contributed by atoms with E-state index in [2.05, 4.69) is 20.8 Å². The molecule has 0 aliphatic rings. The van der Waals surface area contributed by atoms with Crippen molar-refractivity contribution < 1.29 is 19.1 Å². The van der Waals surface area contributed by atoms with Crippen LogP contribution in [0.15, 0.2) is 64.1 Å². The second kappa shape index (κ2) is 11.2. The van der Waals surface area contributed by atoms with Gasteiger partial charge in [0.25, 0.3) is 0 Å². The first-order valence-electron chi connectivity index (χ1n) is 10.2. The van der Waals surface area contributed by atoms with Gasteiger partial charge in [0, 0.05) is 24.1 Å². The van der Waals surface area contributed by atoms with Crippen LogP contribution < -0.4 is 10.6 Å². The maximum absolute atomic E-state index is 14.6. The molecule has 1 atom stereocenters. The first kappa shape index (κ1) is 22.5. The molecule has 164 valence electrons. The van der Waals surface area contributed by atoms with E-state index in [1.807, 2.05) is 43.3 Å². The van der Waals surface area contributed by atoms with Gasteiger partial charge in [-0.3, -0.25) is 10.3 Å². The summed E-state index contributed by atoms with van der Waals surface area (Å²) in [6.07, 6.45) is 0.603. The third-order valence-corrected chi connectivity index (χ3v) is 4.71. The zero-order valence-corrected chi connectivity index (χ0v) is 17.4. The van der Waals surface area contributed by atoms with Crippen LogP contribution in [0.4, 0.5) is 10.3 Å². The number of nitrogens with zero attached hydrogens (tertiary/aromatic N) is 2.